The molecule has 0 aliphatic heterocycles. The maximum absolute atomic E-state index is 12.4. The standard InChI is InChI=1S/C22H19N3O4/c1-4-28-22(27)17-7-5-16(6-8-17)20-10-9-18(29-20)13-24-25-15(3)11-14(2)19(12-23)21(25)26/h5-11,13H,4H2,1-3H3/b24-13-. The van der Waals surface area contributed by atoms with Crippen LogP contribution in [0.15, 0.2) is 56.8 Å². The molecule has 0 aliphatic carbocycles. The molecule has 2 aromatic heterocycles. The first kappa shape index (κ1) is 19.8. The Morgan fingerprint density at radius 1 is 1.24 bits per heavy atom. The third-order valence-electron chi connectivity index (χ3n) is 4.28. The molecule has 0 N–H and O–H groups in total. The molecule has 3 aromatic rings. The van der Waals surface area contributed by atoms with E-state index in [1.807, 2.05) is 6.07 Å². The van der Waals surface area contributed by atoms with Crippen LogP contribution in [0.1, 0.15) is 39.9 Å². The van der Waals surface area contributed by atoms with Gasteiger partial charge in [0.1, 0.15) is 23.2 Å². The van der Waals surface area contributed by atoms with Crippen molar-refractivity contribution in [3.8, 4) is 17.4 Å². The minimum atomic E-state index is -0.470. The summed E-state index contributed by atoms with van der Waals surface area (Å²) in [6, 6.07) is 14.0. The normalized spacial score (nSPS) is 10.8. The van der Waals surface area contributed by atoms with Gasteiger partial charge in [-0.15, -0.1) is 0 Å². The van der Waals surface area contributed by atoms with Crippen molar-refractivity contribution in [1.82, 2.24) is 4.68 Å². The van der Waals surface area contributed by atoms with Crippen molar-refractivity contribution in [2.75, 3.05) is 6.61 Å². The Hall–Kier alpha value is -3.92. The van der Waals surface area contributed by atoms with Crippen LogP contribution < -0.4 is 5.56 Å². The number of furan rings is 1. The molecule has 0 unspecified atom stereocenters. The largest absolute Gasteiger partial charge is 0.462 e. The summed E-state index contributed by atoms with van der Waals surface area (Å²) < 4.78 is 11.9. The number of nitrogens with zero attached hydrogens (tertiary/aromatic N) is 3. The first-order chi connectivity index (χ1) is 13.9. The van der Waals surface area contributed by atoms with Crippen LogP contribution in [0.25, 0.3) is 11.3 Å². The van der Waals surface area contributed by atoms with E-state index < -0.39 is 5.56 Å². The zero-order chi connectivity index (χ0) is 21.0. The lowest BCUT2D eigenvalue weighted by Crippen LogP contribution is -2.22. The molecule has 0 saturated carbocycles. The fourth-order valence-corrected chi connectivity index (χ4v) is 2.84. The van der Waals surface area contributed by atoms with Gasteiger partial charge in [-0.05, 0) is 56.7 Å². The predicted molar refractivity (Wildman–Crippen MR) is 108 cm³/mol. The van der Waals surface area contributed by atoms with E-state index in [4.69, 9.17) is 14.4 Å². The highest BCUT2D eigenvalue weighted by atomic mass is 16.5. The van der Waals surface area contributed by atoms with E-state index in [0.717, 1.165) is 5.56 Å². The number of aromatic nitrogens is 1. The smallest absolute Gasteiger partial charge is 0.338 e. The Morgan fingerprint density at radius 2 is 1.97 bits per heavy atom. The summed E-state index contributed by atoms with van der Waals surface area (Å²) in [6.07, 6.45) is 1.42. The van der Waals surface area contributed by atoms with E-state index in [1.165, 1.54) is 10.9 Å². The van der Waals surface area contributed by atoms with Crippen LogP contribution in [0.3, 0.4) is 0 Å². The molecule has 3 rings (SSSR count). The molecule has 0 fully saturated rings. The highest BCUT2D eigenvalue weighted by Crippen LogP contribution is 2.22. The van der Waals surface area contributed by atoms with Crippen molar-refractivity contribution in [1.29, 1.82) is 5.26 Å². The summed E-state index contributed by atoms with van der Waals surface area (Å²) in [5, 5.41) is 13.3. The van der Waals surface area contributed by atoms with Gasteiger partial charge in [0, 0.05) is 11.3 Å². The maximum Gasteiger partial charge on any atom is 0.338 e. The van der Waals surface area contributed by atoms with E-state index in [2.05, 4.69) is 5.10 Å². The Bertz CT molecular complexity index is 1180. The molecule has 146 valence electrons. The maximum atomic E-state index is 12.4. The fourth-order valence-electron chi connectivity index (χ4n) is 2.84. The van der Waals surface area contributed by atoms with Gasteiger partial charge in [-0.1, -0.05) is 12.1 Å². The second kappa shape index (κ2) is 8.40. The monoisotopic (exact) mass is 389 g/mol. The number of nitriles is 1. The number of carbonyl (C=O) groups excluding carboxylic acids is 1. The molecule has 0 atom stereocenters. The molecular formula is C22H19N3O4. The van der Waals surface area contributed by atoms with Crippen molar-refractivity contribution < 1.29 is 13.9 Å². The number of benzene rings is 1. The lowest BCUT2D eigenvalue weighted by atomic mass is 10.1. The zero-order valence-electron chi connectivity index (χ0n) is 16.3. The molecule has 2 heterocycles. The molecule has 0 spiro atoms. The van der Waals surface area contributed by atoms with Gasteiger partial charge in [-0.2, -0.15) is 10.4 Å². The van der Waals surface area contributed by atoms with Crippen LogP contribution in [0, 0.1) is 25.2 Å². The molecule has 29 heavy (non-hydrogen) atoms. The first-order valence-corrected chi connectivity index (χ1v) is 8.99. The van der Waals surface area contributed by atoms with E-state index >= 15 is 0 Å². The Labute approximate surface area is 167 Å². The van der Waals surface area contributed by atoms with Crippen LogP contribution >= 0.6 is 0 Å². The number of aryl methyl sites for hydroxylation is 2. The summed E-state index contributed by atoms with van der Waals surface area (Å²) in [7, 11) is 0. The molecule has 0 amide bonds. The molecule has 0 radical (unpaired) electrons. The lowest BCUT2D eigenvalue weighted by molar-refractivity contribution is 0.0526. The van der Waals surface area contributed by atoms with Gasteiger partial charge < -0.3 is 9.15 Å². The van der Waals surface area contributed by atoms with E-state index in [0.29, 0.717) is 34.9 Å². The zero-order valence-corrected chi connectivity index (χ0v) is 16.3. The van der Waals surface area contributed by atoms with Gasteiger partial charge in [0.15, 0.2) is 0 Å². The van der Waals surface area contributed by atoms with Crippen LogP contribution in [0.2, 0.25) is 0 Å². The quantitative estimate of drug-likeness (QED) is 0.490. The van der Waals surface area contributed by atoms with Gasteiger partial charge in [0.05, 0.1) is 18.4 Å². The molecule has 0 aliphatic rings. The number of ether oxygens (including phenoxy) is 1. The first-order valence-electron chi connectivity index (χ1n) is 8.99. The third-order valence-corrected chi connectivity index (χ3v) is 4.28. The molecule has 7 nitrogen and oxygen atoms in total. The van der Waals surface area contributed by atoms with E-state index in [9.17, 15) is 9.59 Å². The minimum Gasteiger partial charge on any atom is -0.462 e. The number of pyridine rings is 1. The Kier molecular flexibility index (Phi) is 5.74. The molecular weight excluding hydrogens is 370 g/mol. The summed E-state index contributed by atoms with van der Waals surface area (Å²) >= 11 is 0. The second-order valence-electron chi connectivity index (χ2n) is 6.32. The minimum absolute atomic E-state index is 0.0644. The van der Waals surface area contributed by atoms with Crippen LogP contribution in [-0.4, -0.2) is 23.5 Å². The van der Waals surface area contributed by atoms with Crippen molar-refractivity contribution in [3.63, 3.8) is 0 Å². The number of esters is 1. The van der Waals surface area contributed by atoms with Crippen molar-refractivity contribution >= 4 is 12.2 Å². The van der Waals surface area contributed by atoms with Crippen molar-refractivity contribution in [2.24, 2.45) is 5.10 Å². The van der Waals surface area contributed by atoms with Gasteiger partial charge in [0.2, 0.25) is 0 Å². The second-order valence-corrected chi connectivity index (χ2v) is 6.32. The average Bonchev–Trinajstić information content (AvgIpc) is 3.17. The highest BCUT2D eigenvalue weighted by Gasteiger charge is 2.10. The van der Waals surface area contributed by atoms with Gasteiger partial charge in [0.25, 0.3) is 5.56 Å². The number of carbonyl (C=O) groups is 1. The van der Waals surface area contributed by atoms with Crippen LogP contribution in [-0.2, 0) is 4.74 Å². The molecule has 7 heteroatoms. The summed E-state index contributed by atoms with van der Waals surface area (Å²) in [5.74, 6) is 0.661. The number of hydrogen-bond acceptors (Lipinski definition) is 6. The molecule has 0 saturated heterocycles. The van der Waals surface area contributed by atoms with E-state index in [1.54, 1.807) is 63.2 Å². The molecule has 1 aromatic carbocycles. The average molecular weight is 389 g/mol. The Balaban J connectivity index is 1.84. The summed E-state index contributed by atoms with van der Waals surface area (Å²) in [4.78, 5) is 24.1. The topological polar surface area (TPSA) is 97.6 Å². The van der Waals surface area contributed by atoms with Gasteiger partial charge in [-0.3, -0.25) is 4.79 Å². The van der Waals surface area contributed by atoms with Crippen LogP contribution in [0.5, 0.6) is 0 Å². The lowest BCUT2D eigenvalue weighted by Gasteiger charge is -2.05. The van der Waals surface area contributed by atoms with Crippen molar-refractivity contribution in [2.45, 2.75) is 20.8 Å². The number of rotatable bonds is 5. The van der Waals surface area contributed by atoms with Crippen LogP contribution in [0.4, 0.5) is 0 Å². The molecule has 0 bridgehead atoms. The number of hydrogen-bond donors (Lipinski definition) is 0. The Morgan fingerprint density at radius 3 is 2.62 bits per heavy atom. The predicted octanol–water partition coefficient (Wildman–Crippen LogP) is 3.66. The SMILES string of the molecule is CCOC(=O)c1ccc(-c2ccc(/C=N\n3c(C)cc(C)c(C#N)c3=O)o2)cc1. The fraction of sp³-hybridized carbons (Fsp3) is 0.182. The van der Waals surface area contributed by atoms with E-state index in [-0.39, 0.29) is 11.5 Å². The summed E-state index contributed by atoms with van der Waals surface area (Å²) in [5.41, 5.74) is 2.08. The summed E-state index contributed by atoms with van der Waals surface area (Å²) in [6.45, 7) is 5.53. The van der Waals surface area contributed by atoms with Gasteiger partial charge in [-0.25, -0.2) is 9.47 Å². The third kappa shape index (κ3) is 4.17. The van der Waals surface area contributed by atoms with Gasteiger partial charge >= 0.3 is 5.97 Å². The van der Waals surface area contributed by atoms with Crippen molar-refractivity contribution in [3.05, 3.63) is 81.0 Å². The highest BCUT2D eigenvalue weighted by molar-refractivity contribution is 5.90.